The minimum absolute atomic E-state index is 0.0211. The molecule has 6 nitrogen and oxygen atoms in total. The average molecular weight is 345 g/mol. The van der Waals surface area contributed by atoms with Crippen molar-refractivity contribution < 1.29 is 23.6 Å². The molecule has 2 heterocycles. The minimum atomic E-state index is -1.36. The van der Waals surface area contributed by atoms with Gasteiger partial charge in [-0.3, -0.25) is 13.9 Å². The third-order valence-electron chi connectivity index (χ3n) is 3.39. The van der Waals surface area contributed by atoms with E-state index in [0.717, 1.165) is 0 Å². The highest BCUT2D eigenvalue weighted by molar-refractivity contribution is 8.17. The number of fused-ring (bicyclic) bond motifs is 1. The Morgan fingerprint density at radius 3 is 2.86 bits per heavy atom. The van der Waals surface area contributed by atoms with Crippen molar-refractivity contribution in [2.24, 2.45) is 5.92 Å². The molecule has 22 heavy (non-hydrogen) atoms. The van der Waals surface area contributed by atoms with E-state index < -0.39 is 28.8 Å². The number of nitrogens with zero attached hydrogens (tertiary/aromatic N) is 1. The Hall–Kier alpha value is -1.12. The van der Waals surface area contributed by atoms with Crippen LogP contribution in [0.2, 0.25) is 0 Å². The van der Waals surface area contributed by atoms with E-state index in [2.05, 4.69) is 6.58 Å². The van der Waals surface area contributed by atoms with E-state index >= 15 is 0 Å². The number of carbonyl (C=O) groups excluding carboxylic acids is 2. The summed E-state index contributed by atoms with van der Waals surface area (Å²) in [6.07, 6.45) is 1.31. The van der Waals surface area contributed by atoms with Crippen molar-refractivity contribution in [3.63, 3.8) is 0 Å². The van der Waals surface area contributed by atoms with Crippen LogP contribution in [0.25, 0.3) is 0 Å². The van der Waals surface area contributed by atoms with Gasteiger partial charge in [-0.1, -0.05) is 31.3 Å². The number of carbonyl (C=O) groups is 2. The van der Waals surface area contributed by atoms with E-state index in [4.69, 9.17) is 4.74 Å². The zero-order valence-corrected chi connectivity index (χ0v) is 14.1. The lowest BCUT2D eigenvalue weighted by atomic mass is 9.92. The maximum Gasteiger partial charge on any atom is 0.357 e. The Bertz CT molecular complexity index is 557. The molecule has 0 aromatic rings. The van der Waals surface area contributed by atoms with Crippen LogP contribution in [0.1, 0.15) is 20.3 Å². The molecular formula is C14H19NO5S2. The number of aliphatic hydroxyl groups is 1. The second-order valence-corrected chi connectivity index (χ2v) is 7.95. The van der Waals surface area contributed by atoms with Gasteiger partial charge in [-0.25, -0.2) is 4.79 Å². The van der Waals surface area contributed by atoms with E-state index in [0.29, 0.717) is 16.4 Å². The Balaban J connectivity index is 2.30. The fraction of sp³-hybridized carbons (Fsp3) is 0.571. The van der Waals surface area contributed by atoms with Crippen LogP contribution in [0.5, 0.6) is 0 Å². The fourth-order valence-electron chi connectivity index (χ4n) is 2.38. The lowest BCUT2D eigenvalue weighted by Crippen LogP contribution is -2.60. The highest BCUT2D eigenvalue weighted by atomic mass is 32.2. The summed E-state index contributed by atoms with van der Waals surface area (Å²) in [6.45, 7) is 6.92. The molecule has 122 valence electrons. The lowest BCUT2D eigenvalue weighted by molar-refractivity contribution is -0.157. The molecule has 0 aromatic heterocycles. The van der Waals surface area contributed by atoms with E-state index in [1.807, 2.05) is 6.92 Å². The third kappa shape index (κ3) is 2.87. The second kappa shape index (κ2) is 6.97. The maximum atomic E-state index is 12.3. The van der Waals surface area contributed by atoms with Crippen LogP contribution in [0.15, 0.2) is 22.6 Å². The Labute approximate surface area is 136 Å². The minimum Gasteiger partial charge on any atom is -0.457 e. The van der Waals surface area contributed by atoms with Gasteiger partial charge < -0.3 is 9.84 Å². The number of rotatable bonds is 7. The number of ether oxygens (including phenoxy) is 1. The molecule has 4 atom stereocenters. The number of thioether (sulfide) groups is 1. The number of β-lactam (4-membered cyclic amide) rings is 1. The summed E-state index contributed by atoms with van der Waals surface area (Å²) >= 11 is 1.22. The van der Waals surface area contributed by atoms with Gasteiger partial charge in [-0.2, -0.15) is 0 Å². The fourth-order valence-corrected chi connectivity index (χ4v) is 5.63. The highest BCUT2D eigenvalue weighted by Gasteiger charge is 2.58. The van der Waals surface area contributed by atoms with E-state index in [-0.39, 0.29) is 23.6 Å². The predicted octanol–water partition coefficient (Wildman–Crippen LogP) is 0.956. The Morgan fingerprint density at radius 1 is 1.64 bits per heavy atom. The largest absolute Gasteiger partial charge is 0.457 e. The van der Waals surface area contributed by atoms with Crippen molar-refractivity contribution in [3.8, 4) is 0 Å². The van der Waals surface area contributed by atoms with Crippen LogP contribution in [0.3, 0.4) is 0 Å². The van der Waals surface area contributed by atoms with E-state index in [1.165, 1.54) is 29.7 Å². The van der Waals surface area contributed by atoms with E-state index in [9.17, 15) is 18.9 Å². The van der Waals surface area contributed by atoms with Crippen LogP contribution in [-0.4, -0.2) is 49.9 Å². The van der Waals surface area contributed by atoms with Crippen LogP contribution in [0.4, 0.5) is 0 Å². The molecule has 2 aliphatic heterocycles. The van der Waals surface area contributed by atoms with Crippen molar-refractivity contribution in [2.45, 2.75) is 31.7 Å². The molecule has 1 saturated heterocycles. The van der Waals surface area contributed by atoms with Gasteiger partial charge in [0, 0.05) is 5.75 Å². The van der Waals surface area contributed by atoms with Crippen LogP contribution >= 0.6 is 11.8 Å². The molecule has 2 rings (SSSR count). The summed E-state index contributed by atoms with van der Waals surface area (Å²) in [7, 11) is -1.36. The monoisotopic (exact) mass is 345 g/mol. The van der Waals surface area contributed by atoms with Crippen molar-refractivity contribution in [1.29, 1.82) is 0 Å². The molecule has 8 heteroatoms. The molecule has 0 bridgehead atoms. The highest BCUT2D eigenvalue weighted by Crippen LogP contribution is 2.51. The first kappa shape index (κ1) is 17.2. The summed E-state index contributed by atoms with van der Waals surface area (Å²) in [4.78, 5) is 25.7. The quantitative estimate of drug-likeness (QED) is 0.420. The molecule has 1 fully saturated rings. The predicted molar refractivity (Wildman–Crippen MR) is 84.9 cm³/mol. The molecule has 0 spiro atoms. The average Bonchev–Trinajstić information content (AvgIpc) is 2.79. The van der Waals surface area contributed by atoms with Gasteiger partial charge in [0.05, 0.1) is 22.8 Å². The maximum absolute atomic E-state index is 12.3. The first-order chi connectivity index (χ1) is 10.4. The van der Waals surface area contributed by atoms with Gasteiger partial charge in [-0.15, -0.1) is 0 Å². The molecular weight excluding hydrogens is 326 g/mol. The third-order valence-corrected chi connectivity index (χ3v) is 6.77. The molecule has 0 radical (unpaired) electrons. The molecule has 0 saturated carbocycles. The molecule has 1 unspecified atom stereocenters. The second-order valence-electron chi connectivity index (χ2n) is 5.06. The SMILES string of the molecule is C=CCOC(=O)C1=C(S(=O)CCC)S[C@H]2[C@H]([C@@H](C)O)C(=O)N12. The van der Waals surface area contributed by atoms with Gasteiger partial charge in [0.15, 0.2) is 5.70 Å². The topological polar surface area (TPSA) is 83.9 Å². The number of aliphatic hydroxyl groups excluding tert-OH is 1. The first-order valence-corrected chi connectivity index (χ1v) is 9.22. The normalized spacial score (nSPS) is 26.3. The molecule has 0 aromatic carbocycles. The van der Waals surface area contributed by atoms with Crippen LogP contribution in [-0.2, 0) is 25.1 Å². The van der Waals surface area contributed by atoms with E-state index in [1.54, 1.807) is 0 Å². The number of amides is 1. The van der Waals surface area contributed by atoms with Crippen molar-refractivity contribution >= 4 is 34.4 Å². The van der Waals surface area contributed by atoms with Gasteiger partial charge in [0.1, 0.15) is 16.2 Å². The summed E-state index contributed by atoms with van der Waals surface area (Å²) in [5.41, 5.74) is 0.0607. The zero-order valence-electron chi connectivity index (χ0n) is 12.5. The standard InChI is InChI=1S/C14H19NO5S2/c1-4-6-20-13(18)10-14(22(19)7-5-2)21-12-9(8(3)16)11(17)15(10)12/h4,8-9,12,16H,1,5-7H2,2-3H3/t8-,9-,12+,22?/m1/s1. The molecule has 2 aliphatic rings. The van der Waals surface area contributed by atoms with Gasteiger partial charge >= 0.3 is 5.97 Å². The number of hydrogen-bond acceptors (Lipinski definition) is 6. The molecule has 1 N–H and O–H groups in total. The molecule has 0 aliphatic carbocycles. The first-order valence-electron chi connectivity index (χ1n) is 7.02. The number of esters is 1. The lowest BCUT2D eigenvalue weighted by Gasteiger charge is -2.43. The molecule has 1 amide bonds. The summed E-state index contributed by atoms with van der Waals surface area (Å²) in [5.74, 6) is -1.18. The smallest absolute Gasteiger partial charge is 0.357 e. The van der Waals surface area contributed by atoms with Gasteiger partial charge in [-0.05, 0) is 13.3 Å². The Kier molecular flexibility index (Phi) is 5.46. The van der Waals surface area contributed by atoms with Gasteiger partial charge in [0.25, 0.3) is 0 Å². The Morgan fingerprint density at radius 2 is 2.32 bits per heavy atom. The summed E-state index contributed by atoms with van der Waals surface area (Å²) in [5, 5.41) is 9.32. The van der Waals surface area contributed by atoms with Crippen molar-refractivity contribution in [1.82, 2.24) is 4.90 Å². The zero-order chi connectivity index (χ0) is 16.4. The van der Waals surface area contributed by atoms with Crippen molar-refractivity contribution in [2.75, 3.05) is 12.4 Å². The summed E-state index contributed by atoms with van der Waals surface area (Å²) in [6, 6.07) is 0. The summed E-state index contributed by atoms with van der Waals surface area (Å²) < 4.78 is 17.7. The van der Waals surface area contributed by atoms with Crippen molar-refractivity contribution in [3.05, 3.63) is 22.6 Å². The van der Waals surface area contributed by atoms with Crippen LogP contribution < -0.4 is 0 Å². The van der Waals surface area contributed by atoms with Crippen LogP contribution in [0, 0.1) is 5.92 Å². The van der Waals surface area contributed by atoms with Gasteiger partial charge in [0.2, 0.25) is 5.91 Å². The number of hydrogen-bond donors (Lipinski definition) is 1.